The van der Waals surface area contributed by atoms with E-state index in [1.165, 1.54) is 14.7 Å². The van der Waals surface area contributed by atoms with Gasteiger partial charge < -0.3 is 4.90 Å². The van der Waals surface area contributed by atoms with Gasteiger partial charge in [0.15, 0.2) is 0 Å². The van der Waals surface area contributed by atoms with Crippen molar-refractivity contribution in [3.05, 3.63) is 57.3 Å². The molecule has 0 saturated heterocycles. The van der Waals surface area contributed by atoms with Gasteiger partial charge in [-0.2, -0.15) is 4.99 Å². The van der Waals surface area contributed by atoms with Crippen LogP contribution < -0.4 is 0 Å². The minimum absolute atomic E-state index is 0.00934. The lowest BCUT2D eigenvalue weighted by Gasteiger charge is -2.32. The molecule has 4 rings (SSSR count). The van der Waals surface area contributed by atoms with E-state index in [2.05, 4.69) is 45.8 Å². The maximum absolute atomic E-state index is 12.4. The first-order valence-electron chi connectivity index (χ1n) is 6.24. The molecular formula is C15H11IN2O. The summed E-state index contributed by atoms with van der Waals surface area (Å²) in [6.07, 6.45) is 9.27. The lowest BCUT2D eigenvalue weighted by Crippen LogP contribution is -2.49. The zero-order chi connectivity index (χ0) is 13.0. The van der Waals surface area contributed by atoms with Crippen LogP contribution in [0.4, 0.5) is 0 Å². The molecule has 3 aliphatic rings. The fourth-order valence-corrected chi connectivity index (χ4v) is 3.70. The second-order valence-corrected chi connectivity index (χ2v) is 6.39. The molecule has 0 saturated carbocycles. The van der Waals surface area contributed by atoms with Crippen LogP contribution >= 0.6 is 22.6 Å². The highest BCUT2D eigenvalue weighted by Crippen LogP contribution is 2.40. The van der Waals surface area contributed by atoms with E-state index < -0.39 is 5.54 Å². The maximum atomic E-state index is 12.4. The number of benzene rings is 1. The van der Waals surface area contributed by atoms with Crippen LogP contribution in [0.3, 0.4) is 0 Å². The van der Waals surface area contributed by atoms with Gasteiger partial charge in [0.2, 0.25) is 0 Å². The van der Waals surface area contributed by atoms with Gasteiger partial charge >= 0.3 is 0 Å². The molecule has 19 heavy (non-hydrogen) atoms. The number of nitrogens with zero attached hydrogens (tertiary/aromatic N) is 2. The Morgan fingerprint density at radius 2 is 2.05 bits per heavy atom. The molecular weight excluding hydrogens is 351 g/mol. The molecule has 4 heteroatoms. The van der Waals surface area contributed by atoms with Gasteiger partial charge in [0.05, 0.1) is 0 Å². The van der Waals surface area contributed by atoms with Crippen LogP contribution in [0.25, 0.3) is 0 Å². The summed E-state index contributed by atoms with van der Waals surface area (Å²) in [4.78, 5) is 18.7. The molecule has 0 radical (unpaired) electrons. The third-order valence-corrected chi connectivity index (χ3v) is 4.72. The summed E-state index contributed by atoms with van der Waals surface area (Å²) in [5.74, 6) is 0.764. The van der Waals surface area contributed by atoms with Gasteiger partial charge in [-0.25, -0.2) is 0 Å². The third-order valence-electron chi connectivity index (χ3n) is 4.05. The minimum atomic E-state index is -0.511. The molecule has 1 unspecified atom stereocenters. The van der Waals surface area contributed by atoms with Crippen LogP contribution in [-0.4, -0.2) is 22.2 Å². The molecule has 1 atom stereocenters. The number of amides is 1. The summed E-state index contributed by atoms with van der Waals surface area (Å²) < 4.78 is 1.22. The molecule has 1 aliphatic carbocycles. The summed E-state index contributed by atoms with van der Waals surface area (Å²) in [6.45, 7) is 0. The Morgan fingerprint density at radius 1 is 1.21 bits per heavy atom. The molecule has 2 heterocycles. The van der Waals surface area contributed by atoms with Gasteiger partial charge in [0, 0.05) is 22.6 Å². The van der Waals surface area contributed by atoms with Crippen LogP contribution in [0.1, 0.15) is 11.1 Å². The predicted molar refractivity (Wildman–Crippen MR) is 81.9 cm³/mol. The molecule has 0 bridgehead atoms. The predicted octanol–water partition coefficient (Wildman–Crippen LogP) is 2.45. The van der Waals surface area contributed by atoms with Crippen LogP contribution in [0.15, 0.2) is 47.6 Å². The third kappa shape index (κ3) is 1.49. The van der Waals surface area contributed by atoms with E-state index in [9.17, 15) is 4.79 Å². The number of hydrogen-bond acceptors (Lipinski definition) is 2. The van der Waals surface area contributed by atoms with Crippen molar-refractivity contribution in [3.63, 3.8) is 0 Å². The van der Waals surface area contributed by atoms with E-state index in [1.54, 1.807) is 0 Å². The van der Waals surface area contributed by atoms with Crippen molar-refractivity contribution in [2.45, 2.75) is 18.4 Å². The number of hydrogen-bond donors (Lipinski definition) is 0. The quantitative estimate of drug-likeness (QED) is 0.665. The molecule has 0 aromatic heterocycles. The average Bonchev–Trinajstić information content (AvgIpc) is 2.90. The molecule has 3 nitrogen and oxygen atoms in total. The number of fused-ring (bicyclic) bond motifs is 3. The lowest BCUT2D eigenvalue weighted by molar-refractivity contribution is -0.124. The number of aliphatic imine (C=N–C) groups is 1. The zero-order valence-corrected chi connectivity index (χ0v) is 12.3. The zero-order valence-electron chi connectivity index (χ0n) is 10.1. The summed E-state index contributed by atoms with van der Waals surface area (Å²) >= 11 is 2.31. The summed E-state index contributed by atoms with van der Waals surface area (Å²) in [5.41, 5.74) is 2.04. The lowest BCUT2D eigenvalue weighted by atomic mass is 9.93. The number of halogens is 1. The van der Waals surface area contributed by atoms with Crippen molar-refractivity contribution in [2.24, 2.45) is 4.99 Å². The van der Waals surface area contributed by atoms with Crippen molar-refractivity contribution in [3.8, 4) is 0 Å². The van der Waals surface area contributed by atoms with Gasteiger partial charge in [-0.05, 0) is 58.0 Å². The summed E-state index contributed by atoms with van der Waals surface area (Å²) in [5, 5.41) is 0. The highest BCUT2D eigenvalue weighted by atomic mass is 127. The number of carbonyl (C=O) groups excluding carboxylic acids is 1. The first kappa shape index (κ1) is 11.4. The van der Waals surface area contributed by atoms with Crippen LogP contribution in [0.5, 0.6) is 0 Å². The first-order valence-corrected chi connectivity index (χ1v) is 7.32. The molecule has 94 valence electrons. The number of amidine groups is 1. The Balaban J connectivity index is 1.80. The highest BCUT2D eigenvalue weighted by Gasteiger charge is 2.52. The second kappa shape index (κ2) is 3.79. The Hall–Kier alpha value is -1.43. The number of rotatable bonds is 0. The Kier molecular flexibility index (Phi) is 2.27. The molecule has 1 aromatic carbocycles. The second-order valence-electron chi connectivity index (χ2n) is 5.14. The largest absolute Gasteiger partial charge is 0.317 e. The molecule has 1 spiro atoms. The van der Waals surface area contributed by atoms with Crippen molar-refractivity contribution in [2.75, 3.05) is 0 Å². The van der Waals surface area contributed by atoms with E-state index in [4.69, 9.17) is 0 Å². The first-order chi connectivity index (χ1) is 9.19. The minimum Gasteiger partial charge on any atom is -0.317 e. The van der Waals surface area contributed by atoms with E-state index in [-0.39, 0.29) is 5.91 Å². The summed E-state index contributed by atoms with van der Waals surface area (Å²) in [7, 11) is 0. The van der Waals surface area contributed by atoms with E-state index in [0.29, 0.717) is 0 Å². The monoisotopic (exact) mass is 362 g/mol. The number of allylic oxidation sites excluding steroid dienone is 2. The molecule has 1 amide bonds. The fourth-order valence-electron chi connectivity index (χ4n) is 3.14. The van der Waals surface area contributed by atoms with Gasteiger partial charge in [-0.3, -0.25) is 4.79 Å². The SMILES string of the molecule is O=C1N=C2C=CC=CN2C12Cc1ccc(I)cc1C2. The van der Waals surface area contributed by atoms with Gasteiger partial charge in [-0.15, -0.1) is 0 Å². The van der Waals surface area contributed by atoms with Crippen molar-refractivity contribution in [1.29, 1.82) is 0 Å². The summed E-state index contributed by atoms with van der Waals surface area (Å²) in [6, 6.07) is 6.42. The Bertz CT molecular complexity index is 689. The van der Waals surface area contributed by atoms with Crippen LogP contribution in [0.2, 0.25) is 0 Å². The van der Waals surface area contributed by atoms with Crippen molar-refractivity contribution >= 4 is 34.3 Å². The smallest absolute Gasteiger partial charge is 0.274 e. The van der Waals surface area contributed by atoms with Gasteiger partial charge in [0.1, 0.15) is 11.4 Å². The van der Waals surface area contributed by atoms with Crippen LogP contribution in [0, 0.1) is 3.57 Å². The number of carbonyl (C=O) groups is 1. The van der Waals surface area contributed by atoms with E-state index in [0.717, 1.165) is 18.7 Å². The van der Waals surface area contributed by atoms with E-state index in [1.807, 2.05) is 29.3 Å². The average molecular weight is 362 g/mol. The van der Waals surface area contributed by atoms with Gasteiger partial charge in [0.25, 0.3) is 5.91 Å². The fraction of sp³-hybridized carbons (Fsp3) is 0.200. The topological polar surface area (TPSA) is 32.7 Å². The normalized spacial score (nSPS) is 26.9. The maximum Gasteiger partial charge on any atom is 0.274 e. The standard InChI is InChI=1S/C15H11IN2O/c16-12-5-4-10-8-15(9-11(10)7-12)14(19)17-13-3-1-2-6-18(13)15/h1-7H,8-9H2. The molecule has 0 N–H and O–H groups in total. The van der Waals surface area contributed by atoms with Gasteiger partial charge in [-0.1, -0.05) is 12.1 Å². The Morgan fingerprint density at radius 3 is 2.95 bits per heavy atom. The molecule has 1 aromatic rings. The molecule has 0 fully saturated rings. The van der Waals surface area contributed by atoms with Crippen molar-refractivity contribution in [1.82, 2.24) is 4.90 Å². The Labute approximate surface area is 124 Å². The van der Waals surface area contributed by atoms with Crippen molar-refractivity contribution < 1.29 is 4.79 Å². The van der Waals surface area contributed by atoms with Crippen LogP contribution in [-0.2, 0) is 17.6 Å². The highest BCUT2D eigenvalue weighted by molar-refractivity contribution is 14.1. The molecule has 2 aliphatic heterocycles. The van der Waals surface area contributed by atoms with E-state index >= 15 is 0 Å².